The van der Waals surface area contributed by atoms with E-state index in [0.29, 0.717) is 19.3 Å². The van der Waals surface area contributed by atoms with Crippen LogP contribution in [0.1, 0.15) is 196 Å². The van der Waals surface area contributed by atoms with Crippen LogP contribution in [0, 0.1) is 17.8 Å². The van der Waals surface area contributed by atoms with Crippen molar-refractivity contribution < 1.29 is 122 Å². The molecule has 11 bridgehead atoms. The molecule has 0 aromatic heterocycles. The number of halogens is 2. The van der Waals surface area contributed by atoms with E-state index in [1.54, 1.807) is 13.8 Å². The summed E-state index contributed by atoms with van der Waals surface area (Å²) in [6.07, 6.45) is -14.4. The standard InChI is InChI=1S/C80H98Cl2N6O25/c1-7-9-10-11-12-13-14-15-16-61(97)88-80(6)34-62(108-38(5)73(80)102)112-72-70(101)69(100)59(35-89)111-79(72)113-71-57-28-43-29-58(71)110-56-22-19-42(26-50(56)82)68(99)66-77(106)87-78(107-36-90)48-31-45(91)32-52(93)63(48)47-24-40(17-20-51(47)92)46(76(105)86-66)33-54(95)64(43)84-75(104)44(30-60(83)96)27-53(94)65(85-74(103)39(8-2)23-37(3)4)67(98)41-18-21-55(109-57)49(81)25-41/h17-22,24-26,28-29,31-32,36-39,44,46,59,62,64-70,72-73,78-79,89,91-93,98-102H,7-16,23,27,30,33-35H2,1-6H3,(H2,83,96)(H,84,104)(H,85,103)(H,86,105)(H,87,106)(H,88,97)/t38?,39-,44+,46+,59-,62+,64-,65+,66+,67-,68-,69?,70?,72-,73-,78-,79?,80?/m1/s1. The van der Waals surface area contributed by atoms with Crippen LogP contribution in [0.4, 0.5) is 0 Å². The summed E-state index contributed by atoms with van der Waals surface area (Å²) >= 11 is 14.3. The summed E-state index contributed by atoms with van der Waals surface area (Å²) in [4.78, 5) is 131. The van der Waals surface area contributed by atoms with Crippen LogP contribution in [0.2, 0.25) is 10.0 Å². The lowest BCUT2D eigenvalue weighted by Crippen LogP contribution is -2.66. The maximum Gasteiger partial charge on any atom is 0.295 e. The first kappa shape index (κ1) is 86.2. The second-order valence-electron chi connectivity index (χ2n) is 30.1. The third kappa shape index (κ3) is 20.3. The number of carbonyl (C=O) groups is 9. The van der Waals surface area contributed by atoms with Gasteiger partial charge >= 0.3 is 0 Å². The molecule has 5 unspecified atom stereocenters. The van der Waals surface area contributed by atoms with Crippen LogP contribution < -0.4 is 46.5 Å². The number of aromatic hydroxyl groups is 3. The van der Waals surface area contributed by atoms with Crippen LogP contribution in [0.3, 0.4) is 0 Å². The number of ketones is 2. The van der Waals surface area contributed by atoms with Gasteiger partial charge in [-0.15, -0.1) is 0 Å². The number of hydrogen-bond acceptors (Lipinski definition) is 25. The summed E-state index contributed by atoms with van der Waals surface area (Å²) in [5.74, 6) is -17.1. The number of phenols is 3. The molecule has 5 aromatic carbocycles. The quantitative estimate of drug-likeness (QED) is 0.0213. The average molecular weight is 1610 g/mol. The Bertz CT molecular complexity index is 4340. The van der Waals surface area contributed by atoms with Crippen molar-refractivity contribution in [2.24, 2.45) is 23.5 Å². The highest BCUT2D eigenvalue weighted by atomic mass is 35.5. The number of aliphatic hydroxyl groups is 6. The molecule has 0 saturated carbocycles. The molecule has 5 aromatic rings. The van der Waals surface area contributed by atoms with Gasteiger partial charge in [0.05, 0.1) is 40.1 Å². The molecule has 33 heteroatoms. The van der Waals surface area contributed by atoms with E-state index < -0.39 is 221 Å². The van der Waals surface area contributed by atoms with Gasteiger partial charge in [0.2, 0.25) is 53.7 Å². The molecule has 113 heavy (non-hydrogen) atoms. The van der Waals surface area contributed by atoms with Gasteiger partial charge in [-0.3, -0.25) is 43.2 Å². The Hall–Kier alpha value is -9.25. The topological polar surface area (TPSA) is 486 Å². The number of hydrogen-bond donors (Lipinski definition) is 15. The minimum Gasteiger partial charge on any atom is -0.508 e. The highest BCUT2D eigenvalue weighted by Crippen LogP contribution is 2.51. The number of ether oxygens (including phenoxy) is 7. The van der Waals surface area contributed by atoms with Crippen LogP contribution >= 0.6 is 23.2 Å². The van der Waals surface area contributed by atoms with Crippen LogP contribution in [-0.4, -0.2) is 173 Å². The average Bonchev–Trinajstić information content (AvgIpc) is 0.768. The molecule has 7 aliphatic rings. The van der Waals surface area contributed by atoms with E-state index in [1.807, 2.05) is 13.8 Å². The number of carbonyl (C=O) groups excluding carboxylic acids is 9. The van der Waals surface area contributed by atoms with Gasteiger partial charge in [0.25, 0.3) is 6.47 Å². The highest BCUT2D eigenvalue weighted by molar-refractivity contribution is 6.32. The second-order valence-corrected chi connectivity index (χ2v) is 30.9. The SMILES string of the molecule is CCCCCCCCCCC(=O)NC1(C)C[C@H](O[C@H]2C(Oc3c4cc5cc3Oc3ccc(cc3Cl)[C@@H](O)[C@@H](NC(=O)[C@H](CC)CC(C)C)C(=O)C[C@@H](CC(N)=O)C(=O)N[C@H]5C(=O)C[C@@H]3C(=O)N[C@H](C(=O)N[C@H](OC=O)c5cc(O)cc(O)c5-c5cc3ccc5O)[C@H](O)c3ccc(c(Cl)c3)O4)O[C@H](CO)C(O)C2O)OC(C)[C@H]1O. The van der Waals surface area contributed by atoms with Crippen molar-refractivity contribution >= 4 is 76.7 Å². The molecule has 12 rings (SSSR count). The molecule has 0 spiro atoms. The van der Waals surface area contributed by atoms with Gasteiger partial charge in [0.15, 0.2) is 35.5 Å². The number of benzene rings is 5. The third-order valence-electron chi connectivity index (χ3n) is 21.2. The molecule has 2 saturated heterocycles. The Balaban J connectivity index is 1.18. The van der Waals surface area contributed by atoms with E-state index in [0.717, 1.165) is 87.4 Å². The van der Waals surface area contributed by atoms with Crippen LogP contribution in [-0.2, 0) is 62.1 Å². The van der Waals surface area contributed by atoms with E-state index in [4.69, 9.17) is 62.1 Å². The first-order chi connectivity index (χ1) is 53.7. The van der Waals surface area contributed by atoms with Gasteiger partial charge < -0.3 is 111 Å². The largest absolute Gasteiger partial charge is 0.508 e. The maximum absolute atomic E-state index is 16.3. The number of rotatable bonds is 24. The van der Waals surface area contributed by atoms with Gasteiger partial charge in [-0.25, -0.2) is 0 Å². The van der Waals surface area contributed by atoms with Crippen molar-refractivity contribution in [2.75, 3.05) is 6.61 Å². The van der Waals surface area contributed by atoms with Crippen LogP contribution in [0.15, 0.2) is 78.9 Å². The lowest BCUT2D eigenvalue weighted by Gasteiger charge is -2.48. The summed E-state index contributed by atoms with van der Waals surface area (Å²) in [6.45, 7) is 9.67. The van der Waals surface area contributed by atoms with Crippen molar-refractivity contribution in [1.82, 2.24) is 26.6 Å². The lowest BCUT2D eigenvalue weighted by molar-refractivity contribution is -0.334. The molecule has 2 fully saturated rings. The molecule has 0 aliphatic carbocycles. The van der Waals surface area contributed by atoms with E-state index in [2.05, 4.69) is 33.5 Å². The molecular formula is C80H98Cl2N6O25. The summed E-state index contributed by atoms with van der Waals surface area (Å²) in [7, 11) is 0. The lowest BCUT2D eigenvalue weighted by atomic mass is 9.84. The van der Waals surface area contributed by atoms with Gasteiger partial charge in [-0.2, -0.15) is 0 Å². The molecule has 18 atom stereocenters. The fraction of sp³-hybridized carbons (Fsp3) is 0.512. The van der Waals surface area contributed by atoms with Crippen molar-refractivity contribution in [1.29, 1.82) is 0 Å². The highest BCUT2D eigenvalue weighted by Gasteiger charge is 2.53. The monoisotopic (exact) mass is 1610 g/mol. The first-order valence-corrected chi connectivity index (χ1v) is 38.6. The molecular weight excluding hydrogens is 1520 g/mol. The Kier molecular flexibility index (Phi) is 28.8. The van der Waals surface area contributed by atoms with Crippen molar-refractivity contribution in [2.45, 2.75) is 235 Å². The summed E-state index contributed by atoms with van der Waals surface area (Å²) < 4.78 is 44.7. The van der Waals surface area contributed by atoms with Crippen molar-refractivity contribution in [3.8, 4) is 57.1 Å². The fourth-order valence-electron chi connectivity index (χ4n) is 15.1. The molecule has 31 nitrogen and oxygen atoms in total. The minimum atomic E-state index is -2.19. The minimum absolute atomic E-state index is 0.0196. The number of nitrogens with one attached hydrogen (secondary N) is 5. The van der Waals surface area contributed by atoms with Crippen LogP contribution in [0.5, 0.6) is 46.0 Å². The van der Waals surface area contributed by atoms with E-state index in [1.165, 1.54) is 43.3 Å². The molecule has 0 radical (unpaired) electrons. The Morgan fingerprint density at radius 2 is 1.35 bits per heavy atom. The predicted molar refractivity (Wildman–Crippen MR) is 404 cm³/mol. The van der Waals surface area contributed by atoms with Gasteiger partial charge in [0, 0.05) is 60.8 Å². The number of Topliss-reactive ketones (excluding diaryl/α,β-unsaturated/α-hetero) is 2. The number of primary amides is 1. The smallest absolute Gasteiger partial charge is 0.295 e. The molecule has 16 N–H and O–H groups in total. The number of fused-ring (bicyclic) bond motifs is 15. The second kappa shape index (κ2) is 37.8. The van der Waals surface area contributed by atoms with Gasteiger partial charge in [-0.1, -0.05) is 114 Å². The molecule has 7 heterocycles. The summed E-state index contributed by atoms with van der Waals surface area (Å²) in [5.41, 5.74) is 2.39. The van der Waals surface area contributed by atoms with Crippen molar-refractivity contribution in [3.63, 3.8) is 0 Å². The Morgan fingerprint density at radius 3 is 1.96 bits per heavy atom. The Labute approximate surface area is 661 Å². The zero-order valence-corrected chi connectivity index (χ0v) is 64.7. The number of unbranched alkanes of at least 4 members (excludes halogenated alkanes) is 7. The summed E-state index contributed by atoms with van der Waals surface area (Å²) in [6, 6.07) is 8.38. The fourth-order valence-corrected chi connectivity index (χ4v) is 15.5. The zero-order chi connectivity index (χ0) is 82.0. The van der Waals surface area contributed by atoms with Crippen molar-refractivity contribution in [3.05, 3.63) is 117 Å². The van der Waals surface area contributed by atoms with E-state index >= 15 is 19.2 Å². The van der Waals surface area contributed by atoms with E-state index in [9.17, 15) is 69.9 Å². The van der Waals surface area contributed by atoms with E-state index in [-0.39, 0.29) is 81.0 Å². The Morgan fingerprint density at radius 1 is 0.717 bits per heavy atom. The number of amides is 6. The first-order valence-electron chi connectivity index (χ1n) is 37.9. The number of phenolic OH excluding ortho intramolecular Hbond substituents is 3. The number of nitrogens with two attached hydrogens (primary N) is 1. The molecule has 7 aliphatic heterocycles. The zero-order valence-electron chi connectivity index (χ0n) is 63.2. The third-order valence-corrected chi connectivity index (χ3v) is 21.8. The normalized spacial score (nSPS) is 27.6. The van der Waals surface area contributed by atoms with Crippen LogP contribution in [0.25, 0.3) is 11.1 Å². The van der Waals surface area contributed by atoms with Gasteiger partial charge in [-0.05, 0) is 116 Å². The summed E-state index contributed by atoms with van der Waals surface area (Å²) in [5, 5.41) is 118. The molecule has 612 valence electrons. The number of aliphatic hydroxyl groups excluding tert-OH is 6. The van der Waals surface area contributed by atoms with Gasteiger partial charge in [0.1, 0.15) is 83.5 Å². The maximum atomic E-state index is 16.3. The predicted octanol–water partition coefficient (Wildman–Crippen LogP) is 7.25. The molecule has 6 amide bonds.